The predicted octanol–water partition coefficient (Wildman–Crippen LogP) is 3.00. The molecule has 0 spiro atoms. The summed E-state index contributed by atoms with van der Waals surface area (Å²) in [5.41, 5.74) is 0.0134. The molecule has 2 rings (SSSR count). The molecule has 1 saturated heterocycles. The molecule has 1 heterocycles. The summed E-state index contributed by atoms with van der Waals surface area (Å²) in [6.07, 6.45) is 2.29. The minimum Gasteiger partial charge on any atom is -0.464 e. The second kappa shape index (κ2) is 7.38. The number of hydrogen-bond donors (Lipinski definition) is 1. The molecule has 1 aliphatic rings. The molecule has 116 valence electrons. The van der Waals surface area contributed by atoms with Gasteiger partial charge in [-0.1, -0.05) is 28.1 Å². The van der Waals surface area contributed by atoms with Crippen molar-refractivity contribution in [2.24, 2.45) is 0 Å². The summed E-state index contributed by atoms with van der Waals surface area (Å²) in [5, 5.41) is 3.35. The first-order valence-corrected chi connectivity index (χ1v) is 8.15. The molecule has 0 radical (unpaired) electrons. The lowest BCUT2D eigenvalue weighted by atomic mass is 9.91. The summed E-state index contributed by atoms with van der Waals surface area (Å²) in [6, 6.07) is 7.74. The van der Waals surface area contributed by atoms with E-state index in [2.05, 4.69) is 21.2 Å². The number of ether oxygens (including phenoxy) is 2. The van der Waals surface area contributed by atoms with Crippen LogP contribution in [0.25, 0.3) is 0 Å². The van der Waals surface area contributed by atoms with E-state index < -0.39 is 5.54 Å². The first kappa shape index (κ1) is 16.5. The minimum absolute atomic E-state index is 0.172. The predicted molar refractivity (Wildman–Crippen MR) is 85.1 cm³/mol. The Bertz CT molecular complexity index is 488. The number of hydrogen-bond acceptors (Lipinski definition) is 4. The van der Waals surface area contributed by atoms with Crippen LogP contribution < -0.4 is 5.32 Å². The van der Waals surface area contributed by atoms with Gasteiger partial charge in [0.1, 0.15) is 5.54 Å². The van der Waals surface area contributed by atoms with Gasteiger partial charge in [-0.25, -0.2) is 4.79 Å². The molecule has 1 aromatic rings. The first-order chi connectivity index (χ1) is 10.1. The van der Waals surface area contributed by atoms with Crippen molar-refractivity contribution in [3.8, 4) is 0 Å². The minimum atomic E-state index is -0.869. The van der Waals surface area contributed by atoms with Crippen LogP contribution in [0.2, 0.25) is 0 Å². The Morgan fingerprint density at radius 3 is 3.00 bits per heavy atom. The van der Waals surface area contributed by atoms with E-state index in [-0.39, 0.29) is 12.1 Å². The molecule has 0 bridgehead atoms. The summed E-state index contributed by atoms with van der Waals surface area (Å²) < 4.78 is 11.8. The van der Waals surface area contributed by atoms with Crippen LogP contribution in [0.15, 0.2) is 28.7 Å². The average molecular weight is 356 g/mol. The topological polar surface area (TPSA) is 47.6 Å². The summed E-state index contributed by atoms with van der Waals surface area (Å²) >= 11 is 3.46. The molecule has 0 aromatic heterocycles. The number of carbonyl (C=O) groups excluding carboxylic acids is 1. The normalized spacial score (nSPS) is 21.0. The molecule has 4 nitrogen and oxygen atoms in total. The van der Waals surface area contributed by atoms with Gasteiger partial charge in [0.25, 0.3) is 0 Å². The second-order valence-corrected chi connectivity index (χ2v) is 6.29. The molecule has 1 fully saturated rings. The van der Waals surface area contributed by atoms with Crippen molar-refractivity contribution < 1.29 is 14.3 Å². The fourth-order valence-corrected chi connectivity index (χ4v) is 2.89. The Hall–Kier alpha value is -0.910. The molecule has 1 N–H and O–H groups in total. The molecular weight excluding hydrogens is 334 g/mol. The SMILES string of the molecule is CCOC(=O)C(C)(NCC1CCCO1)c1cccc(Br)c1. The van der Waals surface area contributed by atoms with Gasteiger partial charge in [-0.2, -0.15) is 0 Å². The van der Waals surface area contributed by atoms with Gasteiger partial charge in [-0.15, -0.1) is 0 Å². The van der Waals surface area contributed by atoms with Gasteiger partial charge in [-0.3, -0.25) is 5.32 Å². The Labute approximate surface area is 134 Å². The van der Waals surface area contributed by atoms with Crippen LogP contribution in [0.5, 0.6) is 0 Å². The number of benzene rings is 1. The van der Waals surface area contributed by atoms with Crippen LogP contribution in [0.1, 0.15) is 32.3 Å². The van der Waals surface area contributed by atoms with E-state index in [9.17, 15) is 4.79 Å². The van der Waals surface area contributed by atoms with E-state index in [1.165, 1.54) is 0 Å². The zero-order valence-corrected chi connectivity index (χ0v) is 14.1. The highest BCUT2D eigenvalue weighted by Gasteiger charge is 2.37. The van der Waals surface area contributed by atoms with Gasteiger partial charge in [0.05, 0.1) is 12.7 Å². The fourth-order valence-electron chi connectivity index (χ4n) is 2.49. The van der Waals surface area contributed by atoms with Gasteiger partial charge in [-0.05, 0) is 44.4 Å². The molecule has 1 aromatic carbocycles. The zero-order chi connectivity index (χ0) is 15.3. The highest BCUT2D eigenvalue weighted by atomic mass is 79.9. The molecule has 21 heavy (non-hydrogen) atoms. The largest absolute Gasteiger partial charge is 0.464 e. The maximum atomic E-state index is 12.4. The van der Waals surface area contributed by atoms with Crippen LogP contribution in [0.4, 0.5) is 0 Å². The maximum Gasteiger partial charge on any atom is 0.330 e. The third kappa shape index (κ3) is 4.05. The molecule has 2 unspecified atom stereocenters. The lowest BCUT2D eigenvalue weighted by molar-refractivity contribution is -0.151. The van der Waals surface area contributed by atoms with E-state index in [0.717, 1.165) is 29.5 Å². The molecule has 5 heteroatoms. The van der Waals surface area contributed by atoms with E-state index in [0.29, 0.717) is 13.2 Å². The van der Waals surface area contributed by atoms with E-state index in [4.69, 9.17) is 9.47 Å². The Kier molecular flexibility index (Phi) is 5.79. The average Bonchev–Trinajstić information content (AvgIpc) is 2.98. The van der Waals surface area contributed by atoms with Gasteiger partial charge < -0.3 is 9.47 Å². The summed E-state index contributed by atoms with van der Waals surface area (Å²) in [6.45, 7) is 5.49. The lowest BCUT2D eigenvalue weighted by Crippen LogP contribution is -2.50. The standard InChI is InChI=1S/C16H22BrNO3/c1-3-20-15(19)16(2,12-6-4-7-13(17)10-12)18-11-14-8-5-9-21-14/h4,6-7,10,14,18H,3,5,8-9,11H2,1-2H3. The summed E-state index contributed by atoms with van der Waals surface area (Å²) in [7, 11) is 0. The smallest absolute Gasteiger partial charge is 0.330 e. The number of rotatable bonds is 6. The summed E-state index contributed by atoms with van der Waals surface area (Å²) in [4.78, 5) is 12.4. The van der Waals surface area contributed by atoms with Crippen molar-refractivity contribution in [1.29, 1.82) is 0 Å². The first-order valence-electron chi connectivity index (χ1n) is 7.36. The maximum absolute atomic E-state index is 12.4. The Balaban J connectivity index is 2.18. The van der Waals surface area contributed by atoms with Crippen molar-refractivity contribution >= 4 is 21.9 Å². The van der Waals surface area contributed by atoms with Crippen LogP contribution in [-0.4, -0.2) is 31.8 Å². The highest BCUT2D eigenvalue weighted by molar-refractivity contribution is 9.10. The van der Waals surface area contributed by atoms with Crippen molar-refractivity contribution in [3.63, 3.8) is 0 Å². The van der Waals surface area contributed by atoms with E-state index in [1.807, 2.05) is 38.1 Å². The summed E-state index contributed by atoms with van der Waals surface area (Å²) in [5.74, 6) is -0.263. The molecule has 1 aliphatic heterocycles. The lowest BCUT2D eigenvalue weighted by Gasteiger charge is -2.30. The number of esters is 1. The van der Waals surface area contributed by atoms with Crippen LogP contribution in [0.3, 0.4) is 0 Å². The molecule has 0 aliphatic carbocycles. The number of halogens is 1. The zero-order valence-electron chi connectivity index (χ0n) is 12.5. The third-order valence-electron chi connectivity index (χ3n) is 3.79. The number of nitrogens with one attached hydrogen (secondary N) is 1. The van der Waals surface area contributed by atoms with Crippen molar-refractivity contribution in [2.45, 2.75) is 38.3 Å². The van der Waals surface area contributed by atoms with Crippen molar-refractivity contribution in [2.75, 3.05) is 19.8 Å². The van der Waals surface area contributed by atoms with Crippen molar-refractivity contribution in [3.05, 3.63) is 34.3 Å². The van der Waals surface area contributed by atoms with E-state index in [1.54, 1.807) is 0 Å². The Morgan fingerprint density at radius 2 is 2.38 bits per heavy atom. The number of carbonyl (C=O) groups is 1. The van der Waals surface area contributed by atoms with Gasteiger partial charge in [0, 0.05) is 17.6 Å². The second-order valence-electron chi connectivity index (χ2n) is 5.37. The molecular formula is C16H22BrNO3. The molecule has 0 saturated carbocycles. The van der Waals surface area contributed by atoms with Crippen LogP contribution in [0, 0.1) is 0 Å². The van der Waals surface area contributed by atoms with Gasteiger partial charge >= 0.3 is 5.97 Å². The van der Waals surface area contributed by atoms with E-state index >= 15 is 0 Å². The van der Waals surface area contributed by atoms with Gasteiger partial charge in [0.2, 0.25) is 0 Å². The Morgan fingerprint density at radius 1 is 1.57 bits per heavy atom. The van der Waals surface area contributed by atoms with Crippen LogP contribution >= 0.6 is 15.9 Å². The quantitative estimate of drug-likeness (QED) is 0.796. The fraction of sp³-hybridized carbons (Fsp3) is 0.562. The third-order valence-corrected chi connectivity index (χ3v) is 4.29. The van der Waals surface area contributed by atoms with Crippen LogP contribution in [-0.2, 0) is 19.8 Å². The molecule has 0 amide bonds. The highest BCUT2D eigenvalue weighted by Crippen LogP contribution is 2.26. The molecule has 2 atom stereocenters. The van der Waals surface area contributed by atoms with Crippen molar-refractivity contribution in [1.82, 2.24) is 5.32 Å². The van der Waals surface area contributed by atoms with Gasteiger partial charge in [0.15, 0.2) is 0 Å². The monoisotopic (exact) mass is 355 g/mol.